The van der Waals surface area contributed by atoms with E-state index >= 15 is 0 Å². The van der Waals surface area contributed by atoms with E-state index in [-0.39, 0.29) is 23.1 Å². The summed E-state index contributed by atoms with van der Waals surface area (Å²) in [5, 5.41) is 17.0. The van der Waals surface area contributed by atoms with Crippen LogP contribution in [0.15, 0.2) is 35.1 Å². The van der Waals surface area contributed by atoms with E-state index in [9.17, 15) is 14.7 Å². The zero-order valence-electron chi connectivity index (χ0n) is 14.4. The maximum atomic E-state index is 11.7. The minimum atomic E-state index is -1.30. The second-order valence-electron chi connectivity index (χ2n) is 6.04. The summed E-state index contributed by atoms with van der Waals surface area (Å²) in [4.78, 5) is 36.1. The van der Waals surface area contributed by atoms with E-state index in [0.29, 0.717) is 0 Å². The number of anilines is 1. The van der Waals surface area contributed by atoms with Gasteiger partial charge in [-0.1, -0.05) is 5.16 Å². The third-order valence-corrected chi connectivity index (χ3v) is 3.45. The Morgan fingerprint density at radius 1 is 1.31 bits per heavy atom. The Balaban J connectivity index is 2.04. The van der Waals surface area contributed by atoms with Gasteiger partial charge in [0.1, 0.15) is 17.9 Å². The molecular weight excluding hydrogens is 360 g/mol. The number of carboxylic acid groups (broad SMARTS) is 1. The lowest BCUT2D eigenvalue weighted by Gasteiger charge is -2.18. The Morgan fingerprint density at radius 3 is 2.62 bits per heavy atom. The number of rotatable bonds is 6. The molecule has 2 aromatic heterocycles. The molecule has 2 N–H and O–H groups in total. The number of carbonyl (C=O) groups is 2. The first-order valence-corrected chi connectivity index (χ1v) is 8.40. The van der Waals surface area contributed by atoms with Crippen LogP contribution in [0, 0.1) is 0 Å². The molecule has 0 aromatic carbocycles. The molecule has 0 aliphatic rings. The number of nitrogens with zero attached hydrogens (tertiary/aromatic N) is 3. The Bertz CT molecular complexity index is 798. The fraction of sp³-hybridized carbons (Fsp3) is 0.312. The van der Waals surface area contributed by atoms with Crippen LogP contribution in [0.25, 0.3) is 0 Å². The van der Waals surface area contributed by atoms with E-state index in [1.807, 2.05) is 0 Å². The Morgan fingerprint density at radius 2 is 2.00 bits per heavy atom. The minimum Gasteiger partial charge on any atom is -0.476 e. The van der Waals surface area contributed by atoms with Gasteiger partial charge in [-0.05, 0) is 38.5 Å². The molecular formula is C16H18N4O5S. The number of oxime groups is 1. The molecule has 138 valence electrons. The van der Waals surface area contributed by atoms with Gasteiger partial charge < -0.3 is 14.7 Å². The molecule has 2 rings (SSSR count). The summed E-state index contributed by atoms with van der Waals surface area (Å²) in [6, 6.07) is 3.45. The minimum absolute atomic E-state index is 0.0725. The summed E-state index contributed by atoms with van der Waals surface area (Å²) < 4.78 is 5.11. The maximum Gasteiger partial charge on any atom is 0.413 e. The molecule has 0 bridgehead atoms. The molecule has 0 saturated heterocycles. The van der Waals surface area contributed by atoms with Crippen LogP contribution in [0.1, 0.15) is 32.0 Å². The number of aliphatic carboxylic acids is 1. The largest absolute Gasteiger partial charge is 0.476 e. The second kappa shape index (κ2) is 8.39. The molecule has 0 aliphatic heterocycles. The van der Waals surface area contributed by atoms with Crippen molar-refractivity contribution < 1.29 is 24.3 Å². The molecule has 0 aliphatic carbocycles. The normalized spacial score (nSPS) is 11.7. The van der Waals surface area contributed by atoms with E-state index in [1.165, 1.54) is 5.38 Å². The summed E-state index contributed by atoms with van der Waals surface area (Å²) >= 11 is 1.05. The molecule has 0 unspecified atom stereocenters. The first-order valence-electron chi connectivity index (χ1n) is 7.52. The highest BCUT2D eigenvalue weighted by atomic mass is 32.1. The van der Waals surface area contributed by atoms with Crippen molar-refractivity contribution in [1.82, 2.24) is 9.97 Å². The molecule has 2 aromatic rings. The molecule has 1 amide bonds. The lowest BCUT2D eigenvalue weighted by atomic mass is 10.2. The number of thiazole rings is 1. The SMILES string of the molecule is CC(C)(C)OC(=O)Nc1nc(/C(=N/OCc2ccncc2)C(=O)O)cs1. The lowest BCUT2D eigenvalue weighted by Crippen LogP contribution is -2.27. The van der Waals surface area contributed by atoms with Crippen LogP contribution >= 0.6 is 11.3 Å². The van der Waals surface area contributed by atoms with E-state index in [4.69, 9.17) is 9.57 Å². The van der Waals surface area contributed by atoms with E-state index in [2.05, 4.69) is 20.4 Å². The molecule has 9 nitrogen and oxygen atoms in total. The van der Waals surface area contributed by atoms with Crippen LogP contribution in [-0.4, -0.2) is 38.4 Å². The molecule has 0 saturated carbocycles. The van der Waals surface area contributed by atoms with Crippen LogP contribution in [0.5, 0.6) is 0 Å². The van der Waals surface area contributed by atoms with Gasteiger partial charge in [0.2, 0.25) is 5.71 Å². The van der Waals surface area contributed by atoms with Crippen molar-refractivity contribution in [2.45, 2.75) is 33.0 Å². The quantitative estimate of drug-likeness (QED) is 0.585. The van der Waals surface area contributed by atoms with Gasteiger partial charge in [-0.25, -0.2) is 14.6 Å². The van der Waals surface area contributed by atoms with Gasteiger partial charge >= 0.3 is 12.1 Å². The van der Waals surface area contributed by atoms with E-state index in [1.54, 1.807) is 45.3 Å². The first kappa shape index (κ1) is 19.3. The lowest BCUT2D eigenvalue weighted by molar-refractivity contribution is -0.129. The Labute approximate surface area is 153 Å². The molecule has 0 fully saturated rings. The highest BCUT2D eigenvalue weighted by Crippen LogP contribution is 2.18. The van der Waals surface area contributed by atoms with Crippen LogP contribution in [0.3, 0.4) is 0 Å². The number of carbonyl (C=O) groups excluding carboxylic acids is 1. The highest BCUT2D eigenvalue weighted by Gasteiger charge is 2.20. The van der Waals surface area contributed by atoms with Crippen LogP contribution in [0.2, 0.25) is 0 Å². The summed E-state index contributed by atoms with van der Waals surface area (Å²) in [5.41, 5.74) is -0.159. The van der Waals surface area contributed by atoms with Gasteiger partial charge in [0.05, 0.1) is 0 Å². The summed E-state index contributed by atoms with van der Waals surface area (Å²) in [6.45, 7) is 5.28. The number of hydrogen-bond donors (Lipinski definition) is 2. The predicted octanol–water partition coefficient (Wildman–Crippen LogP) is 2.89. The fourth-order valence-electron chi connectivity index (χ4n) is 1.68. The highest BCUT2D eigenvalue weighted by molar-refractivity contribution is 7.14. The number of aromatic nitrogens is 2. The molecule has 0 spiro atoms. The zero-order chi connectivity index (χ0) is 19.2. The maximum absolute atomic E-state index is 11.7. The van der Waals surface area contributed by atoms with Gasteiger partial charge in [-0.2, -0.15) is 0 Å². The fourth-order valence-corrected chi connectivity index (χ4v) is 2.36. The average molecular weight is 378 g/mol. The number of nitrogens with one attached hydrogen (secondary N) is 1. The van der Waals surface area contributed by atoms with Crippen LogP contribution < -0.4 is 5.32 Å². The van der Waals surface area contributed by atoms with Crippen molar-refractivity contribution >= 4 is 34.2 Å². The Kier molecular flexibility index (Phi) is 6.23. The first-order chi connectivity index (χ1) is 12.2. The number of hydrogen-bond acceptors (Lipinski definition) is 8. The Hall–Kier alpha value is -3.01. The van der Waals surface area contributed by atoms with Crippen molar-refractivity contribution in [1.29, 1.82) is 0 Å². The van der Waals surface area contributed by atoms with Crippen LogP contribution in [0.4, 0.5) is 9.93 Å². The van der Waals surface area contributed by atoms with Gasteiger partial charge in [-0.3, -0.25) is 10.3 Å². The standard InChI is InChI=1S/C16H18N4O5S/c1-16(2,3)25-15(23)19-14-18-11(9-26-14)12(13(21)22)20-24-8-10-4-6-17-7-5-10/h4-7,9H,8H2,1-3H3,(H,21,22)(H,18,19,23)/b20-12-. The summed E-state index contributed by atoms with van der Waals surface area (Å²) in [6.07, 6.45) is 2.51. The summed E-state index contributed by atoms with van der Waals surface area (Å²) in [5.74, 6) is -1.30. The van der Waals surface area contributed by atoms with Crippen molar-refractivity contribution in [3.8, 4) is 0 Å². The molecule has 0 radical (unpaired) electrons. The summed E-state index contributed by atoms with van der Waals surface area (Å²) in [7, 11) is 0. The zero-order valence-corrected chi connectivity index (χ0v) is 15.2. The van der Waals surface area contributed by atoms with E-state index < -0.39 is 17.7 Å². The smallest absolute Gasteiger partial charge is 0.413 e. The van der Waals surface area contributed by atoms with Crippen molar-refractivity contribution in [2.24, 2.45) is 5.16 Å². The monoisotopic (exact) mass is 378 g/mol. The molecule has 10 heteroatoms. The average Bonchev–Trinajstić information content (AvgIpc) is 2.98. The van der Waals surface area contributed by atoms with Gasteiger partial charge in [-0.15, -0.1) is 11.3 Å². The third kappa shape index (κ3) is 6.13. The van der Waals surface area contributed by atoms with Gasteiger partial charge in [0.25, 0.3) is 0 Å². The van der Waals surface area contributed by atoms with Crippen molar-refractivity contribution in [3.63, 3.8) is 0 Å². The molecule has 0 atom stereocenters. The van der Waals surface area contributed by atoms with Gasteiger partial charge in [0.15, 0.2) is 5.13 Å². The topological polar surface area (TPSA) is 123 Å². The second-order valence-corrected chi connectivity index (χ2v) is 6.90. The van der Waals surface area contributed by atoms with Crippen LogP contribution in [-0.2, 0) is 21.0 Å². The predicted molar refractivity (Wildman–Crippen MR) is 95.2 cm³/mol. The third-order valence-electron chi connectivity index (χ3n) is 2.69. The number of amides is 1. The number of carboxylic acids is 1. The molecule has 26 heavy (non-hydrogen) atoms. The van der Waals surface area contributed by atoms with E-state index in [0.717, 1.165) is 16.9 Å². The number of pyridine rings is 1. The van der Waals surface area contributed by atoms with Gasteiger partial charge in [0, 0.05) is 17.8 Å². The van der Waals surface area contributed by atoms with Crippen molar-refractivity contribution in [3.05, 3.63) is 41.2 Å². The molecule has 2 heterocycles. The van der Waals surface area contributed by atoms with Crippen molar-refractivity contribution in [2.75, 3.05) is 5.32 Å². The number of ether oxygens (including phenoxy) is 1.